The van der Waals surface area contributed by atoms with Crippen LogP contribution in [0.25, 0.3) is 0 Å². The number of ether oxygens (including phenoxy) is 1. The zero-order valence-electron chi connectivity index (χ0n) is 15.0. The zero-order chi connectivity index (χ0) is 20.6. The highest BCUT2D eigenvalue weighted by atomic mass is 35.5. The Morgan fingerprint density at radius 2 is 1.68 bits per heavy atom. The van der Waals surface area contributed by atoms with Gasteiger partial charge in [0.15, 0.2) is 11.6 Å². The summed E-state index contributed by atoms with van der Waals surface area (Å²) >= 11 is 11.8. The molecule has 0 atom stereocenters. The molecule has 0 unspecified atom stereocenters. The summed E-state index contributed by atoms with van der Waals surface area (Å²) in [6.07, 6.45) is 0. The average molecular weight is 425 g/mol. The number of methoxy groups -OCH3 is 1. The lowest BCUT2D eigenvalue weighted by Crippen LogP contribution is -2.40. The Balaban J connectivity index is 1.71. The first-order valence-electron chi connectivity index (χ1n) is 8.14. The van der Waals surface area contributed by atoms with Crippen LogP contribution in [0, 0.1) is 5.82 Å². The number of hydrogen-bond donors (Lipinski definition) is 0. The normalized spacial score (nSPS) is 13.0. The highest BCUT2D eigenvalue weighted by molar-refractivity contribution is 6.43. The molecule has 0 aliphatic carbocycles. The van der Waals surface area contributed by atoms with Gasteiger partial charge >= 0.3 is 0 Å². The predicted octanol–water partition coefficient (Wildman–Crippen LogP) is 3.40. The maximum absolute atomic E-state index is 13.8. The lowest BCUT2D eigenvalue weighted by molar-refractivity contribution is -0.130. The maximum Gasteiger partial charge on any atom is 0.262 e. The second-order valence-electron chi connectivity index (χ2n) is 6.23. The van der Waals surface area contributed by atoms with Crippen molar-refractivity contribution in [2.45, 2.75) is 6.54 Å². The zero-order valence-corrected chi connectivity index (χ0v) is 16.5. The van der Waals surface area contributed by atoms with Crippen LogP contribution in [0.4, 0.5) is 4.39 Å². The molecule has 2 aromatic rings. The minimum absolute atomic E-state index is 0.0978. The highest BCUT2D eigenvalue weighted by Crippen LogP contribution is 2.31. The summed E-state index contributed by atoms with van der Waals surface area (Å²) in [4.78, 5) is 39.6. The van der Waals surface area contributed by atoms with Gasteiger partial charge in [-0.15, -0.1) is 0 Å². The molecule has 0 spiro atoms. The van der Waals surface area contributed by atoms with Crippen molar-refractivity contribution in [3.05, 3.63) is 62.9 Å². The third kappa shape index (κ3) is 3.68. The highest BCUT2D eigenvalue weighted by Gasteiger charge is 2.37. The fourth-order valence-corrected chi connectivity index (χ4v) is 3.18. The van der Waals surface area contributed by atoms with E-state index < -0.39 is 30.1 Å². The van der Waals surface area contributed by atoms with Crippen LogP contribution in [0.2, 0.25) is 10.0 Å². The van der Waals surface area contributed by atoms with Gasteiger partial charge in [0.2, 0.25) is 5.91 Å². The van der Waals surface area contributed by atoms with Gasteiger partial charge in [0.05, 0.1) is 28.3 Å². The van der Waals surface area contributed by atoms with Crippen LogP contribution in [0.3, 0.4) is 0 Å². The van der Waals surface area contributed by atoms with E-state index in [2.05, 4.69) is 0 Å². The number of hydrogen-bond acceptors (Lipinski definition) is 4. The van der Waals surface area contributed by atoms with E-state index in [1.807, 2.05) is 0 Å². The van der Waals surface area contributed by atoms with Crippen LogP contribution in [-0.2, 0) is 11.3 Å². The lowest BCUT2D eigenvalue weighted by atomic mass is 10.1. The molecule has 2 aromatic carbocycles. The van der Waals surface area contributed by atoms with Gasteiger partial charge < -0.3 is 9.64 Å². The molecule has 1 heterocycles. The van der Waals surface area contributed by atoms with Crippen LogP contribution in [0.1, 0.15) is 26.3 Å². The van der Waals surface area contributed by atoms with Crippen molar-refractivity contribution in [2.24, 2.45) is 0 Å². The number of nitrogens with zero attached hydrogens (tertiary/aromatic N) is 2. The van der Waals surface area contributed by atoms with Gasteiger partial charge in [0.1, 0.15) is 6.54 Å². The Kier molecular flexibility index (Phi) is 5.58. The van der Waals surface area contributed by atoms with E-state index in [-0.39, 0.29) is 33.5 Å². The lowest BCUT2D eigenvalue weighted by Gasteiger charge is -2.21. The molecule has 0 N–H and O–H groups in total. The number of amides is 3. The van der Waals surface area contributed by atoms with E-state index in [1.54, 1.807) is 6.07 Å². The number of carbonyl (C=O) groups excluding carboxylic acids is 3. The second-order valence-corrected chi connectivity index (χ2v) is 7.04. The molecule has 9 heteroatoms. The predicted molar refractivity (Wildman–Crippen MR) is 101 cm³/mol. The molecular formula is C19H15Cl2FN2O4. The first kappa shape index (κ1) is 20.1. The van der Waals surface area contributed by atoms with Gasteiger partial charge in [-0.1, -0.05) is 29.3 Å². The molecule has 0 saturated carbocycles. The maximum atomic E-state index is 13.8. The van der Waals surface area contributed by atoms with Crippen LogP contribution in [-0.4, -0.2) is 48.2 Å². The SMILES string of the molecule is COc1ccc(CN(C)C(=O)CN2C(=O)c3cc(Cl)c(Cl)cc3C2=O)cc1F. The van der Waals surface area contributed by atoms with Crippen molar-refractivity contribution in [1.82, 2.24) is 9.80 Å². The number of halogens is 3. The monoisotopic (exact) mass is 424 g/mol. The number of likely N-dealkylation sites (N-methyl/N-ethyl adjacent to an activating group) is 1. The number of carbonyl (C=O) groups is 3. The number of imide groups is 1. The Morgan fingerprint density at radius 3 is 2.18 bits per heavy atom. The van der Waals surface area contributed by atoms with E-state index in [9.17, 15) is 18.8 Å². The Morgan fingerprint density at radius 1 is 1.11 bits per heavy atom. The van der Waals surface area contributed by atoms with E-state index in [4.69, 9.17) is 27.9 Å². The molecule has 6 nitrogen and oxygen atoms in total. The van der Waals surface area contributed by atoms with Gasteiger partial charge in [0, 0.05) is 13.6 Å². The topological polar surface area (TPSA) is 66.9 Å². The molecule has 0 bridgehead atoms. The second kappa shape index (κ2) is 7.77. The van der Waals surface area contributed by atoms with E-state index >= 15 is 0 Å². The summed E-state index contributed by atoms with van der Waals surface area (Å²) in [6, 6.07) is 6.97. The van der Waals surface area contributed by atoms with Gasteiger partial charge in [-0.05, 0) is 29.8 Å². The van der Waals surface area contributed by atoms with E-state index in [0.717, 1.165) is 4.90 Å². The first-order chi connectivity index (χ1) is 13.2. The summed E-state index contributed by atoms with van der Waals surface area (Å²) in [5, 5.41) is 0.293. The number of rotatable bonds is 5. The molecule has 1 aliphatic rings. The van der Waals surface area contributed by atoms with Crippen LogP contribution < -0.4 is 4.74 Å². The molecule has 1 aliphatic heterocycles. The summed E-state index contributed by atoms with van der Waals surface area (Å²) < 4.78 is 18.7. The van der Waals surface area contributed by atoms with Gasteiger partial charge in [0.25, 0.3) is 11.8 Å². The fraction of sp³-hybridized carbons (Fsp3) is 0.211. The van der Waals surface area contributed by atoms with Gasteiger partial charge in [-0.2, -0.15) is 0 Å². The van der Waals surface area contributed by atoms with Crippen molar-refractivity contribution < 1.29 is 23.5 Å². The average Bonchev–Trinajstić information content (AvgIpc) is 2.87. The van der Waals surface area contributed by atoms with Crippen molar-refractivity contribution >= 4 is 40.9 Å². The molecule has 0 radical (unpaired) electrons. The smallest absolute Gasteiger partial charge is 0.262 e. The molecule has 28 heavy (non-hydrogen) atoms. The first-order valence-corrected chi connectivity index (χ1v) is 8.90. The quantitative estimate of drug-likeness (QED) is 0.689. The summed E-state index contributed by atoms with van der Waals surface area (Å²) in [5.74, 6) is -2.16. The molecule has 0 fully saturated rings. The minimum atomic E-state index is -0.615. The number of fused-ring (bicyclic) bond motifs is 1. The van der Waals surface area contributed by atoms with Crippen molar-refractivity contribution in [2.75, 3.05) is 20.7 Å². The van der Waals surface area contributed by atoms with Crippen LogP contribution in [0.5, 0.6) is 5.75 Å². The molecule has 146 valence electrons. The molecule has 0 aromatic heterocycles. The molecule has 3 amide bonds. The third-order valence-corrected chi connectivity index (χ3v) is 5.09. The summed E-state index contributed by atoms with van der Waals surface area (Å²) in [5.41, 5.74) is 0.745. The van der Waals surface area contributed by atoms with Crippen LogP contribution >= 0.6 is 23.2 Å². The summed E-state index contributed by atoms with van der Waals surface area (Å²) in [6.45, 7) is -0.350. The standard InChI is InChI=1S/C19H15Cl2FN2O4/c1-23(8-10-3-4-16(28-2)15(22)5-10)17(25)9-24-18(26)11-6-13(20)14(21)7-12(11)19(24)27/h3-7H,8-9H2,1-2H3. The van der Waals surface area contributed by atoms with E-state index in [1.165, 1.54) is 43.3 Å². The Hall–Kier alpha value is -2.64. The van der Waals surface area contributed by atoms with Crippen LogP contribution in [0.15, 0.2) is 30.3 Å². The molecule has 3 rings (SSSR count). The van der Waals surface area contributed by atoms with Gasteiger partial charge in [-0.3, -0.25) is 19.3 Å². The summed E-state index contributed by atoms with van der Waals surface area (Å²) in [7, 11) is 2.85. The largest absolute Gasteiger partial charge is 0.494 e. The van der Waals surface area contributed by atoms with Crippen molar-refractivity contribution in [3.8, 4) is 5.75 Å². The number of benzene rings is 2. The van der Waals surface area contributed by atoms with Crippen molar-refractivity contribution in [1.29, 1.82) is 0 Å². The molecule has 0 saturated heterocycles. The van der Waals surface area contributed by atoms with Crippen molar-refractivity contribution in [3.63, 3.8) is 0 Å². The van der Waals surface area contributed by atoms with E-state index in [0.29, 0.717) is 5.56 Å². The van der Waals surface area contributed by atoms with Gasteiger partial charge in [-0.25, -0.2) is 4.39 Å². The Bertz CT molecular complexity index is 955. The fourth-order valence-electron chi connectivity index (χ4n) is 2.85. The minimum Gasteiger partial charge on any atom is -0.494 e. The third-order valence-electron chi connectivity index (χ3n) is 4.37. The molecular weight excluding hydrogens is 410 g/mol. The Labute approximate surface area is 170 Å².